The van der Waals surface area contributed by atoms with E-state index in [4.69, 9.17) is 47.4 Å². The highest BCUT2D eigenvalue weighted by molar-refractivity contribution is 5.72. The molecule has 1 aromatic carbocycles. The molecule has 0 fully saturated rings. The van der Waals surface area contributed by atoms with Gasteiger partial charge in [0.2, 0.25) is 34.8 Å². The van der Waals surface area contributed by atoms with Crippen LogP contribution in [0.25, 0.3) is 0 Å². The van der Waals surface area contributed by atoms with Crippen molar-refractivity contribution in [3.8, 4) is 5.75 Å². The van der Waals surface area contributed by atoms with Crippen LogP contribution in [0.2, 0.25) is 0 Å². The minimum absolute atomic E-state index is 0.0837. The SMILES string of the molecule is CCCCCOCCOCCOCCOCCOCCOCCOCCOCCOCCOCCC(=O)Oc1c(F)c(F)c(F)c(F)c1F. The summed E-state index contributed by atoms with van der Waals surface area (Å²) >= 11 is 0. The van der Waals surface area contributed by atoms with Gasteiger partial charge < -0.3 is 52.1 Å². The lowest BCUT2D eigenvalue weighted by atomic mass is 10.2. The van der Waals surface area contributed by atoms with Crippen LogP contribution in [-0.2, 0) is 52.2 Å². The van der Waals surface area contributed by atoms with E-state index in [1.54, 1.807) is 0 Å². The summed E-state index contributed by atoms with van der Waals surface area (Å²) in [6.45, 7) is 10.2. The van der Waals surface area contributed by atoms with Crippen molar-refractivity contribution in [1.29, 1.82) is 0 Å². The molecule has 0 saturated heterocycles. The number of carbonyl (C=O) groups is 1. The molecule has 1 aromatic rings. The van der Waals surface area contributed by atoms with Gasteiger partial charge in [-0.2, -0.15) is 8.78 Å². The van der Waals surface area contributed by atoms with Gasteiger partial charge in [-0.15, -0.1) is 0 Å². The summed E-state index contributed by atoms with van der Waals surface area (Å²) in [7, 11) is 0. The Morgan fingerprint density at radius 2 is 0.653 bits per heavy atom. The van der Waals surface area contributed by atoms with E-state index >= 15 is 0 Å². The summed E-state index contributed by atoms with van der Waals surface area (Å²) in [6, 6.07) is 0. The van der Waals surface area contributed by atoms with Gasteiger partial charge in [-0.25, -0.2) is 13.2 Å². The zero-order valence-corrected chi connectivity index (χ0v) is 28.3. The Kier molecular flexibility index (Phi) is 29.3. The van der Waals surface area contributed by atoms with E-state index < -0.39 is 47.2 Å². The van der Waals surface area contributed by atoms with Crippen molar-refractivity contribution in [3.63, 3.8) is 0 Å². The number of benzene rings is 1. The Labute approximate surface area is 284 Å². The van der Waals surface area contributed by atoms with Gasteiger partial charge in [-0.05, 0) is 6.42 Å². The van der Waals surface area contributed by atoms with E-state index in [1.165, 1.54) is 12.8 Å². The Hall–Kier alpha value is -2.06. The summed E-state index contributed by atoms with van der Waals surface area (Å²) in [5.74, 6) is -14.1. The Morgan fingerprint density at radius 3 is 0.959 bits per heavy atom. The molecule has 0 aliphatic heterocycles. The number of carbonyl (C=O) groups excluding carboxylic acids is 1. The maximum Gasteiger partial charge on any atom is 0.313 e. The van der Waals surface area contributed by atoms with Crippen molar-refractivity contribution in [1.82, 2.24) is 0 Å². The van der Waals surface area contributed by atoms with Crippen molar-refractivity contribution in [2.45, 2.75) is 32.6 Å². The van der Waals surface area contributed by atoms with Crippen LogP contribution < -0.4 is 4.74 Å². The fraction of sp³-hybridized carbons (Fsp3) is 0.781. The van der Waals surface area contributed by atoms with E-state index in [-0.39, 0.29) is 26.4 Å². The summed E-state index contributed by atoms with van der Waals surface area (Å²) in [4.78, 5) is 11.6. The first-order valence-electron chi connectivity index (χ1n) is 16.4. The maximum absolute atomic E-state index is 13.5. The highest BCUT2D eigenvalue weighted by Gasteiger charge is 2.28. The normalized spacial score (nSPS) is 11.5. The molecular formula is C32H51F5O12. The first kappa shape index (κ1) is 45.0. The average Bonchev–Trinajstić information content (AvgIpc) is 3.10. The number of unbranched alkanes of at least 4 members (excludes halogenated alkanes) is 2. The third kappa shape index (κ3) is 23.9. The third-order valence-electron chi connectivity index (χ3n) is 6.08. The molecule has 49 heavy (non-hydrogen) atoms. The molecule has 0 unspecified atom stereocenters. The van der Waals surface area contributed by atoms with E-state index in [0.717, 1.165) is 13.0 Å². The Balaban J connectivity index is 1.75. The fourth-order valence-corrected chi connectivity index (χ4v) is 3.53. The lowest BCUT2D eigenvalue weighted by Gasteiger charge is -2.09. The zero-order chi connectivity index (χ0) is 35.8. The second-order valence-electron chi connectivity index (χ2n) is 9.95. The quantitative estimate of drug-likeness (QED) is 0.0252. The largest absolute Gasteiger partial charge is 0.420 e. The predicted molar refractivity (Wildman–Crippen MR) is 164 cm³/mol. The average molecular weight is 723 g/mol. The Bertz CT molecular complexity index is 935. The number of halogens is 5. The number of hydrogen-bond acceptors (Lipinski definition) is 12. The van der Waals surface area contributed by atoms with Gasteiger partial charge in [0.1, 0.15) is 0 Å². The molecule has 0 atom stereocenters. The Morgan fingerprint density at radius 1 is 0.388 bits per heavy atom. The number of esters is 1. The van der Waals surface area contributed by atoms with Crippen molar-refractivity contribution < 1.29 is 78.9 Å². The highest BCUT2D eigenvalue weighted by atomic mass is 19.2. The zero-order valence-electron chi connectivity index (χ0n) is 28.3. The van der Waals surface area contributed by atoms with Crippen molar-refractivity contribution in [3.05, 3.63) is 29.1 Å². The van der Waals surface area contributed by atoms with Gasteiger partial charge in [-0.3, -0.25) is 4.79 Å². The summed E-state index contributed by atoms with van der Waals surface area (Å²) < 4.78 is 124. The van der Waals surface area contributed by atoms with Crippen molar-refractivity contribution in [2.24, 2.45) is 0 Å². The van der Waals surface area contributed by atoms with E-state index in [9.17, 15) is 26.7 Å². The molecule has 0 bridgehead atoms. The number of rotatable bonds is 35. The highest BCUT2D eigenvalue weighted by Crippen LogP contribution is 2.29. The van der Waals surface area contributed by atoms with Crippen LogP contribution in [0, 0.1) is 29.1 Å². The molecule has 0 saturated carbocycles. The van der Waals surface area contributed by atoms with Crippen LogP contribution in [0.15, 0.2) is 0 Å². The predicted octanol–water partition coefficient (Wildman–Crippen LogP) is 4.03. The van der Waals surface area contributed by atoms with Crippen LogP contribution in [0.3, 0.4) is 0 Å². The smallest absolute Gasteiger partial charge is 0.313 e. The van der Waals surface area contributed by atoms with Crippen LogP contribution in [0.4, 0.5) is 22.0 Å². The van der Waals surface area contributed by atoms with E-state index in [1.807, 2.05) is 0 Å². The summed E-state index contributed by atoms with van der Waals surface area (Å²) in [5, 5.41) is 0. The first-order chi connectivity index (χ1) is 23.9. The molecule has 0 N–H and O–H groups in total. The molecule has 0 aliphatic carbocycles. The minimum Gasteiger partial charge on any atom is -0.420 e. The second-order valence-corrected chi connectivity index (χ2v) is 9.95. The first-order valence-corrected chi connectivity index (χ1v) is 16.4. The number of ether oxygens (including phenoxy) is 11. The van der Waals surface area contributed by atoms with Gasteiger partial charge in [-0.1, -0.05) is 19.8 Å². The van der Waals surface area contributed by atoms with Gasteiger partial charge in [0.05, 0.1) is 132 Å². The second kappa shape index (κ2) is 31.9. The van der Waals surface area contributed by atoms with Crippen molar-refractivity contribution in [2.75, 3.05) is 132 Å². The molecule has 1 rings (SSSR count). The molecule has 17 heteroatoms. The van der Waals surface area contributed by atoms with E-state index in [0.29, 0.717) is 99.1 Å². The van der Waals surface area contributed by atoms with Gasteiger partial charge in [0, 0.05) is 6.61 Å². The number of hydrogen-bond donors (Lipinski definition) is 0. The molecule has 0 heterocycles. The molecule has 0 spiro atoms. The minimum atomic E-state index is -2.35. The lowest BCUT2D eigenvalue weighted by Crippen LogP contribution is -2.16. The standard InChI is InChI=1S/C32H51F5O12/c1-2-3-4-6-39-8-10-41-12-14-43-16-18-45-20-22-47-24-25-48-23-21-46-19-17-44-15-13-42-11-9-40-7-5-26(38)49-32-30(36)28(34)27(33)29(35)31(32)37/h2-25H2,1H3. The van der Waals surface area contributed by atoms with E-state index in [2.05, 4.69) is 11.7 Å². The fourth-order valence-electron chi connectivity index (χ4n) is 3.53. The lowest BCUT2D eigenvalue weighted by molar-refractivity contribution is -0.136. The molecule has 0 aromatic heterocycles. The molecule has 0 aliphatic rings. The topological polar surface area (TPSA) is 119 Å². The van der Waals surface area contributed by atoms with Crippen LogP contribution >= 0.6 is 0 Å². The molecule has 12 nitrogen and oxygen atoms in total. The van der Waals surface area contributed by atoms with Gasteiger partial charge in [0.25, 0.3) is 0 Å². The van der Waals surface area contributed by atoms with Gasteiger partial charge >= 0.3 is 5.97 Å². The maximum atomic E-state index is 13.5. The summed E-state index contributed by atoms with van der Waals surface area (Å²) in [6.07, 6.45) is 2.99. The molecular weight excluding hydrogens is 671 g/mol. The molecule has 0 radical (unpaired) electrons. The van der Waals surface area contributed by atoms with Gasteiger partial charge in [0.15, 0.2) is 0 Å². The van der Waals surface area contributed by atoms with Crippen LogP contribution in [-0.4, -0.2) is 138 Å². The summed E-state index contributed by atoms with van der Waals surface area (Å²) in [5.41, 5.74) is 0. The van der Waals surface area contributed by atoms with Crippen molar-refractivity contribution >= 4 is 5.97 Å². The molecule has 286 valence electrons. The van der Waals surface area contributed by atoms with Crippen LogP contribution in [0.5, 0.6) is 5.75 Å². The monoisotopic (exact) mass is 722 g/mol. The third-order valence-corrected chi connectivity index (χ3v) is 6.08. The van der Waals surface area contributed by atoms with Crippen LogP contribution in [0.1, 0.15) is 32.6 Å². The molecule has 0 amide bonds.